The highest BCUT2D eigenvalue weighted by Gasteiger charge is 2.13. The van der Waals surface area contributed by atoms with Crippen LogP contribution >= 0.6 is 22.6 Å². The van der Waals surface area contributed by atoms with Crippen molar-refractivity contribution in [1.82, 2.24) is 9.55 Å². The van der Waals surface area contributed by atoms with Crippen molar-refractivity contribution < 1.29 is 4.39 Å². The molecule has 0 bridgehead atoms. The zero-order valence-corrected chi connectivity index (χ0v) is 12.7. The van der Waals surface area contributed by atoms with E-state index >= 15 is 0 Å². The lowest BCUT2D eigenvalue weighted by Crippen LogP contribution is -1.94. The maximum Gasteiger partial charge on any atom is 0.141 e. The predicted octanol–water partition coefficient (Wildman–Crippen LogP) is 3.86. The molecule has 20 heavy (non-hydrogen) atoms. The smallest absolute Gasteiger partial charge is 0.141 e. The third kappa shape index (κ3) is 2.06. The second-order valence-corrected chi connectivity index (χ2v) is 5.60. The van der Waals surface area contributed by atoms with Crippen LogP contribution in [0.25, 0.3) is 22.4 Å². The highest BCUT2D eigenvalue weighted by Crippen LogP contribution is 2.28. The fourth-order valence-corrected chi connectivity index (χ4v) is 2.90. The molecule has 0 N–H and O–H groups in total. The molecule has 1 heterocycles. The van der Waals surface area contributed by atoms with Gasteiger partial charge >= 0.3 is 0 Å². The summed E-state index contributed by atoms with van der Waals surface area (Å²) in [6.07, 6.45) is 0. The maximum absolute atomic E-state index is 13.2. The van der Waals surface area contributed by atoms with Gasteiger partial charge in [0.05, 0.1) is 22.7 Å². The number of nitriles is 1. The van der Waals surface area contributed by atoms with Gasteiger partial charge in [-0.15, -0.1) is 0 Å². The van der Waals surface area contributed by atoms with Gasteiger partial charge < -0.3 is 4.57 Å². The van der Waals surface area contributed by atoms with Crippen molar-refractivity contribution in [3.63, 3.8) is 0 Å². The monoisotopic (exact) mass is 377 g/mol. The Morgan fingerprint density at radius 2 is 2.05 bits per heavy atom. The molecule has 0 saturated carbocycles. The van der Waals surface area contributed by atoms with Gasteiger partial charge in [0.25, 0.3) is 0 Å². The molecule has 3 aromatic rings. The number of aryl methyl sites for hydroxylation is 1. The van der Waals surface area contributed by atoms with Crippen molar-refractivity contribution in [2.75, 3.05) is 0 Å². The van der Waals surface area contributed by atoms with Crippen molar-refractivity contribution in [3.8, 4) is 17.5 Å². The van der Waals surface area contributed by atoms with Crippen LogP contribution in [0.2, 0.25) is 0 Å². The van der Waals surface area contributed by atoms with Crippen LogP contribution in [0.1, 0.15) is 5.56 Å². The summed E-state index contributed by atoms with van der Waals surface area (Å²) in [5, 5.41) is 8.94. The van der Waals surface area contributed by atoms with E-state index in [0.717, 1.165) is 26.0 Å². The molecular weight excluding hydrogens is 368 g/mol. The molecule has 98 valence electrons. The first-order valence-corrected chi connectivity index (χ1v) is 7.00. The van der Waals surface area contributed by atoms with Crippen LogP contribution in [0.15, 0.2) is 36.4 Å². The second-order valence-electron chi connectivity index (χ2n) is 4.43. The van der Waals surface area contributed by atoms with Crippen LogP contribution in [0.4, 0.5) is 4.39 Å². The first-order valence-electron chi connectivity index (χ1n) is 5.92. The maximum atomic E-state index is 13.2. The van der Waals surface area contributed by atoms with E-state index in [1.807, 2.05) is 17.7 Å². The number of hydrogen-bond acceptors (Lipinski definition) is 2. The lowest BCUT2D eigenvalue weighted by molar-refractivity contribution is 0.627. The van der Waals surface area contributed by atoms with Gasteiger partial charge in [-0.05, 0) is 59.0 Å². The van der Waals surface area contributed by atoms with Gasteiger partial charge in [-0.3, -0.25) is 0 Å². The minimum Gasteiger partial charge on any atom is -0.327 e. The van der Waals surface area contributed by atoms with Crippen LogP contribution in [-0.4, -0.2) is 9.55 Å². The molecule has 3 rings (SSSR count). The summed E-state index contributed by atoms with van der Waals surface area (Å²) in [6.45, 7) is 0. The normalized spacial score (nSPS) is 10.7. The van der Waals surface area contributed by atoms with E-state index in [2.05, 4.69) is 33.6 Å². The molecule has 0 radical (unpaired) electrons. The molecule has 0 atom stereocenters. The van der Waals surface area contributed by atoms with Gasteiger partial charge in [0.2, 0.25) is 0 Å². The molecule has 0 unspecified atom stereocenters. The van der Waals surface area contributed by atoms with Gasteiger partial charge in [0.1, 0.15) is 11.6 Å². The fourth-order valence-electron chi connectivity index (χ4n) is 2.18. The molecule has 0 saturated heterocycles. The summed E-state index contributed by atoms with van der Waals surface area (Å²) in [4.78, 5) is 4.57. The van der Waals surface area contributed by atoms with Crippen LogP contribution in [0.5, 0.6) is 0 Å². The van der Waals surface area contributed by atoms with Gasteiger partial charge in [0, 0.05) is 16.2 Å². The zero-order chi connectivity index (χ0) is 14.3. The molecule has 0 aliphatic carbocycles. The van der Waals surface area contributed by atoms with Gasteiger partial charge in [-0.2, -0.15) is 5.26 Å². The van der Waals surface area contributed by atoms with Crippen LogP contribution in [0, 0.1) is 20.7 Å². The van der Waals surface area contributed by atoms with E-state index in [1.54, 1.807) is 18.2 Å². The summed E-state index contributed by atoms with van der Waals surface area (Å²) in [6, 6.07) is 12.1. The van der Waals surface area contributed by atoms with Crippen molar-refractivity contribution in [2.24, 2.45) is 7.05 Å². The molecule has 0 aliphatic heterocycles. The number of hydrogen-bond donors (Lipinski definition) is 0. The number of nitrogens with zero attached hydrogens (tertiary/aromatic N) is 3. The first-order chi connectivity index (χ1) is 9.60. The molecular formula is C15H9FIN3. The zero-order valence-electron chi connectivity index (χ0n) is 10.6. The predicted molar refractivity (Wildman–Crippen MR) is 83.5 cm³/mol. The van der Waals surface area contributed by atoms with Crippen LogP contribution < -0.4 is 0 Å². The summed E-state index contributed by atoms with van der Waals surface area (Å²) in [5.74, 6) is 0.503. The molecule has 3 nitrogen and oxygen atoms in total. The van der Waals surface area contributed by atoms with E-state index in [4.69, 9.17) is 5.26 Å². The van der Waals surface area contributed by atoms with E-state index in [9.17, 15) is 4.39 Å². The highest BCUT2D eigenvalue weighted by atomic mass is 127. The average Bonchev–Trinajstić information content (AvgIpc) is 2.75. The quantitative estimate of drug-likeness (QED) is 0.605. The number of fused-ring (bicyclic) bond motifs is 1. The van der Waals surface area contributed by atoms with Crippen LogP contribution in [-0.2, 0) is 7.05 Å². The van der Waals surface area contributed by atoms with Gasteiger partial charge in [0.15, 0.2) is 0 Å². The lowest BCUT2D eigenvalue weighted by Gasteiger charge is -2.05. The molecule has 2 aromatic carbocycles. The number of imidazole rings is 1. The number of benzene rings is 2. The Labute approximate surface area is 128 Å². The molecule has 0 aliphatic rings. The summed E-state index contributed by atoms with van der Waals surface area (Å²) >= 11 is 2.10. The largest absolute Gasteiger partial charge is 0.327 e. The molecule has 1 aromatic heterocycles. The Hall–Kier alpha value is -1.94. The van der Waals surface area contributed by atoms with E-state index in [1.165, 1.54) is 12.1 Å². The minimum atomic E-state index is -0.260. The molecule has 5 heteroatoms. The van der Waals surface area contributed by atoms with E-state index < -0.39 is 0 Å². The number of halogens is 2. The Bertz CT molecular complexity index is 861. The number of rotatable bonds is 1. The standard InChI is InChI=1S/C15H9FIN3/c1-20-14-5-2-9(8-18)6-13(14)19-15(20)11-4-3-10(16)7-12(11)17/h2-7H,1H3. The Morgan fingerprint density at radius 1 is 1.25 bits per heavy atom. The fraction of sp³-hybridized carbons (Fsp3) is 0.0667. The van der Waals surface area contributed by atoms with E-state index in [-0.39, 0.29) is 5.82 Å². The van der Waals surface area contributed by atoms with E-state index in [0.29, 0.717) is 5.56 Å². The third-order valence-electron chi connectivity index (χ3n) is 3.18. The average molecular weight is 377 g/mol. The van der Waals surface area contributed by atoms with Crippen molar-refractivity contribution in [3.05, 3.63) is 51.3 Å². The SMILES string of the molecule is Cn1c(-c2ccc(F)cc2I)nc2cc(C#N)ccc21. The van der Waals surface area contributed by atoms with Crippen molar-refractivity contribution in [2.45, 2.75) is 0 Å². The lowest BCUT2D eigenvalue weighted by atomic mass is 10.2. The van der Waals surface area contributed by atoms with Crippen molar-refractivity contribution in [1.29, 1.82) is 5.26 Å². The Morgan fingerprint density at radius 3 is 2.75 bits per heavy atom. The topological polar surface area (TPSA) is 41.6 Å². The second kappa shape index (κ2) is 4.87. The molecule has 0 amide bonds. The molecule has 0 spiro atoms. The number of aromatic nitrogens is 2. The van der Waals surface area contributed by atoms with Crippen molar-refractivity contribution >= 4 is 33.6 Å². The Balaban J connectivity index is 2.26. The third-order valence-corrected chi connectivity index (χ3v) is 4.07. The van der Waals surface area contributed by atoms with Crippen LogP contribution in [0.3, 0.4) is 0 Å². The van der Waals surface area contributed by atoms with Gasteiger partial charge in [-0.1, -0.05) is 0 Å². The Kier molecular flexibility index (Phi) is 3.18. The highest BCUT2D eigenvalue weighted by molar-refractivity contribution is 14.1. The first kappa shape index (κ1) is 13.1. The summed E-state index contributed by atoms with van der Waals surface area (Å²) in [7, 11) is 1.91. The minimum absolute atomic E-state index is 0.260. The summed E-state index contributed by atoms with van der Waals surface area (Å²) in [5.41, 5.74) is 3.17. The summed E-state index contributed by atoms with van der Waals surface area (Å²) < 4.78 is 16.0. The molecule has 0 fully saturated rings. The van der Waals surface area contributed by atoms with Gasteiger partial charge in [-0.25, -0.2) is 9.37 Å².